The van der Waals surface area contributed by atoms with Crippen molar-refractivity contribution in [1.29, 1.82) is 0 Å². The first kappa shape index (κ1) is 20.0. The third-order valence-electron chi connectivity index (χ3n) is 6.95. The van der Waals surface area contributed by atoms with Crippen LogP contribution in [0.3, 0.4) is 0 Å². The number of aromatic nitrogens is 2. The zero-order valence-electron chi connectivity index (χ0n) is 18.2. The number of ether oxygens (including phenoxy) is 1. The van der Waals surface area contributed by atoms with Gasteiger partial charge in [0.05, 0.1) is 12.8 Å². The summed E-state index contributed by atoms with van der Waals surface area (Å²) in [6.07, 6.45) is 1.34. The number of aryl methyl sites for hydroxylation is 2. The van der Waals surface area contributed by atoms with Crippen LogP contribution in [0.15, 0.2) is 24.3 Å². The average molecular weight is 397 g/mol. The number of methoxy groups -OCH3 is 1. The first-order valence-electron chi connectivity index (χ1n) is 10.5. The van der Waals surface area contributed by atoms with E-state index < -0.39 is 0 Å². The van der Waals surface area contributed by atoms with Gasteiger partial charge in [0.1, 0.15) is 5.75 Å². The van der Waals surface area contributed by atoms with Gasteiger partial charge in [-0.2, -0.15) is 5.10 Å². The lowest BCUT2D eigenvalue weighted by Gasteiger charge is -2.27. The number of carbonyl (C=O) groups is 1. The molecule has 6 nitrogen and oxygen atoms in total. The molecule has 0 radical (unpaired) electrons. The summed E-state index contributed by atoms with van der Waals surface area (Å²) < 4.78 is 7.21. The fraction of sp³-hybridized carbons (Fsp3) is 0.565. The van der Waals surface area contributed by atoms with E-state index in [1.807, 2.05) is 30.8 Å². The lowest BCUT2D eigenvalue weighted by Crippen LogP contribution is -2.33. The van der Waals surface area contributed by atoms with Crippen molar-refractivity contribution in [3.05, 3.63) is 46.8 Å². The van der Waals surface area contributed by atoms with Crippen molar-refractivity contribution in [3.8, 4) is 5.75 Å². The minimum Gasteiger partial charge on any atom is -0.497 e. The molecule has 6 heteroatoms. The number of carbonyl (C=O) groups excluding carboxylic acids is 1. The number of rotatable bonds is 5. The number of hydrogen-bond donors (Lipinski definition) is 0. The Hall–Kier alpha value is -2.34. The second-order valence-corrected chi connectivity index (χ2v) is 8.65. The van der Waals surface area contributed by atoms with Crippen LogP contribution in [0.2, 0.25) is 0 Å². The molecule has 2 saturated heterocycles. The van der Waals surface area contributed by atoms with Crippen LogP contribution in [-0.4, -0.2) is 59.3 Å². The molecule has 4 rings (SSSR count). The maximum atomic E-state index is 13.0. The quantitative estimate of drug-likeness (QED) is 0.780. The Kier molecular flexibility index (Phi) is 5.38. The molecule has 2 aliphatic heterocycles. The van der Waals surface area contributed by atoms with E-state index in [1.165, 1.54) is 11.1 Å². The first-order chi connectivity index (χ1) is 13.9. The van der Waals surface area contributed by atoms with E-state index in [0.717, 1.165) is 43.2 Å². The average Bonchev–Trinajstić information content (AvgIpc) is 3.31. The molecule has 0 unspecified atom stereocenters. The molecule has 2 aliphatic rings. The van der Waals surface area contributed by atoms with Crippen LogP contribution in [-0.2, 0) is 18.3 Å². The molecule has 0 saturated carbocycles. The summed E-state index contributed by atoms with van der Waals surface area (Å²) in [5.41, 5.74) is 4.74. The molecule has 0 aliphatic carbocycles. The maximum absolute atomic E-state index is 13.0. The van der Waals surface area contributed by atoms with Crippen LogP contribution in [0.25, 0.3) is 0 Å². The Labute approximate surface area is 173 Å². The zero-order chi connectivity index (χ0) is 20.7. The number of nitrogens with zero attached hydrogens (tertiary/aromatic N) is 4. The highest BCUT2D eigenvalue weighted by atomic mass is 16.5. The predicted molar refractivity (Wildman–Crippen MR) is 113 cm³/mol. The van der Waals surface area contributed by atoms with E-state index in [0.29, 0.717) is 24.3 Å². The van der Waals surface area contributed by atoms with Crippen LogP contribution < -0.4 is 4.74 Å². The van der Waals surface area contributed by atoms with E-state index in [2.05, 4.69) is 41.0 Å². The third kappa shape index (κ3) is 3.66. The molecule has 1 aromatic heterocycles. The number of fused-ring (bicyclic) bond motifs is 1. The Bertz CT molecular complexity index is 889. The monoisotopic (exact) mass is 396 g/mol. The number of amides is 1. The Balaban J connectivity index is 1.41. The van der Waals surface area contributed by atoms with Crippen LogP contribution in [0.4, 0.5) is 0 Å². The smallest absolute Gasteiger partial charge is 0.222 e. The summed E-state index contributed by atoms with van der Waals surface area (Å²) in [4.78, 5) is 17.5. The second-order valence-electron chi connectivity index (χ2n) is 8.65. The fourth-order valence-corrected chi connectivity index (χ4v) is 5.33. The van der Waals surface area contributed by atoms with Crippen molar-refractivity contribution in [2.24, 2.45) is 18.9 Å². The van der Waals surface area contributed by atoms with Gasteiger partial charge in [-0.05, 0) is 56.5 Å². The lowest BCUT2D eigenvalue weighted by molar-refractivity contribution is -0.130. The van der Waals surface area contributed by atoms with E-state index in [1.54, 1.807) is 7.11 Å². The molecular weight excluding hydrogens is 364 g/mol. The number of benzene rings is 1. The Morgan fingerprint density at radius 1 is 1.14 bits per heavy atom. The molecule has 3 heterocycles. The molecule has 0 N–H and O–H groups in total. The van der Waals surface area contributed by atoms with Crippen LogP contribution in [0.5, 0.6) is 5.75 Å². The summed E-state index contributed by atoms with van der Waals surface area (Å²) in [6.45, 7) is 6.89. The summed E-state index contributed by atoms with van der Waals surface area (Å²) in [6, 6.07) is 8.77. The summed E-state index contributed by atoms with van der Waals surface area (Å²) in [5, 5.41) is 4.47. The van der Waals surface area contributed by atoms with Crippen molar-refractivity contribution in [2.75, 3.05) is 33.8 Å². The predicted octanol–water partition coefficient (Wildman–Crippen LogP) is 2.74. The summed E-state index contributed by atoms with van der Waals surface area (Å²) >= 11 is 0. The highest BCUT2D eigenvalue weighted by Crippen LogP contribution is 2.44. The van der Waals surface area contributed by atoms with Crippen molar-refractivity contribution >= 4 is 5.91 Å². The second kappa shape index (κ2) is 7.82. The molecule has 0 bridgehead atoms. The summed E-state index contributed by atoms with van der Waals surface area (Å²) in [5.74, 6) is 2.21. The van der Waals surface area contributed by atoms with Crippen LogP contribution in [0.1, 0.15) is 35.0 Å². The minimum absolute atomic E-state index is 0.276. The molecular formula is C23H32N4O2. The van der Waals surface area contributed by atoms with Crippen LogP contribution in [0, 0.1) is 25.7 Å². The lowest BCUT2D eigenvalue weighted by atomic mass is 9.89. The molecule has 156 valence electrons. The molecule has 29 heavy (non-hydrogen) atoms. The van der Waals surface area contributed by atoms with Gasteiger partial charge in [0.25, 0.3) is 0 Å². The largest absolute Gasteiger partial charge is 0.497 e. The minimum atomic E-state index is 0.276. The third-order valence-corrected chi connectivity index (χ3v) is 6.95. The Morgan fingerprint density at radius 3 is 2.48 bits per heavy atom. The van der Waals surface area contributed by atoms with Crippen molar-refractivity contribution in [2.45, 2.75) is 32.7 Å². The number of hydrogen-bond acceptors (Lipinski definition) is 4. The van der Waals surface area contributed by atoms with Crippen LogP contribution >= 0.6 is 0 Å². The van der Waals surface area contributed by atoms with Gasteiger partial charge in [0.15, 0.2) is 0 Å². The van der Waals surface area contributed by atoms with Crippen molar-refractivity contribution in [3.63, 3.8) is 0 Å². The maximum Gasteiger partial charge on any atom is 0.222 e. The van der Waals surface area contributed by atoms with Crippen molar-refractivity contribution in [1.82, 2.24) is 19.6 Å². The zero-order valence-corrected chi connectivity index (χ0v) is 18.2. The van der Waals surface area contributed by atoms with Gasteiger partial charge in [0.2, 0.25) is 5.91 Å². The highest BCUT2D eigenvalue weighted by Gasteiger charge is 2.47. The van der Waals surface area contributed by atoms with E-state index in [-0.39, 0.29) is 5.91 Å². The van der Waals surface area contributed by atoms with Gasteiger partial charge < -0.3 is 9.64 Å². The normalized spacial score (nSPS) is 24.2. The highest BCUT2D eigenvalue weighted by molar-refractivity contribution is 5.77. The summed E-state index contributed by atoms with van der Waals surface area (Å²) in [7, 11) is 5.86. The first-order valence-corrected chi connectivity index (χ1v) is 10.5. The van der Waals surface area contributed by atoms with E-state index in [9.17, 15) is 4.79 Å². The van der Waals surface area contributed by atoms with Crippen molar-refractivity contribution < 1.29 is 9.53 Å². The molecule has 0 spiro atoms. The van der Waals surface area contributed by atoms with Gasteiger partial charge in [-0.3, -0.25) is 14.4 Å². The molecule has 3 atom stereocenters. The van der Waals surface area contributed by atoms with E-state index in [4.69, 9.17) is 4.74 Å². The van der Waals surface area contributed by atoms with Gasteiger partial charge in [-0.1, -0.05) is 12.1 Å². The fourth-order valence-electron chi connectivity index (χ4n) is 5.33. The van der Waals surface area contributed by atoms with Gasteiger partial charge >= 0.3 is 0 Å². The molecule has 1 amide bonds. The molecule has 1 aromatic carbocycles. The van der Waals surface area contributed by atoms with Gasteiger partial charge in [-0.15, -0.1) is 0 Å². The SMILES string of the molecule is COc1ccc([C@H]2[C@@H]3CN(C(=O)CCc4c(C)nn(C)c4C)C[C@@H]3CN2C)cc1. The Morgan fingerprint density at radius 2 is 1.86 bits per heavy atom. The molecule has 2 fully saturated rings. The molecule has 2 aromatic rings. The van der Waals surface area contributed by atoms with Gasteiger partial charge in [0, 0.05) is 50.8 Å². The topological polar surface area (TPSA) is 50.6 Å². The number of likely N-dealkylation sites (tertiary alicyclic amines) is 2. The van der Waals surface area contributed by atoms with Gasteiger partial charge in [-0.25, -0.2) is 0 Å². The standard InChI is InChI=1S/C23H32N4O2/c1-15-20(16(2)26(4)24-15)10-11-22(28)27-13-18-12-25(3)23(21(18)14-27)17-6-8-19(29-5)9-7-17/h6-9,18,21,23H,10-14H2,1-5H3/t18-,21+,23-/m0/s1. The van der Waals surface area contributed by atoms with E-state index >= 15 is 0 Å².